The molecule has 0 radical (unpaired) electrons. The minimum atomic E-state index is -0.434. The van der Waals surface area contributed by atoms with E-state index in [0.717, 1.165) is 0 Å². The Hall–Kier alpha value is -3.22. The van der Waals surface area contributed by atoms with E-state index in [4.69, 9.17) is 9.47 Å². The molecule has 7 heteroatoms. The van der Waals surface area contributed by atoms with E-state index in [2.05, 4.69) is 16.0 Å². The van der Waals surface area contributed by atoms with Crippen molar-refractivity contribution in [3.8, 4) is 11.5 Å². The number of anilines is 2. The maximum absolute atomic E-state index is 12.2. The molecule has 2 aromatic carbocycles. The molecule has 0 unspecified atom stereocenters. The number of nitrogens with one attached hydrogen (secondary N) is 3. The summed E-state index contributed by atoms with van der Waals surface area (Å²) in [6.07, 6.45) is 0. The number of methoxy groups -OCH3 is 2. The van der Waals surface area contributed by atoms with Gasteiger partial charge in [0.05, 0.1) is 19.9 Å². The van der Waals surface area contributed by atoms with Crippen molar-refractivity contribution in [2.75, 3.05) is 24.9 Å². The van der Waals surface area contributed by atoms with Crippen LogP contribution in [-0.2, 0) is 0 Å². The van der Waals surface area contributed by atoms with Gasteiger partial charge < -0.3 is 25.4 Å². The van der Waals surface area contributed by atoms with E-state index in [1.54, 1.807) is 49.6 Å². The van der Waals surface area contributed by atoms with Crippen LogP contribution in [0, 0.1) is 0 Å². The first-order valence-corrected chi connectivity index (χ1v) is 8.14. The van der Waals surface area contributed by atoms with E-state index in [9.17, 15) is 9.59 Å². The normalized spacial score (nSPS) is 10.2. The third kappa shape index (κ3) is 5.14. The molecule has 138 valence electrons. The molecule has 0 bridgehead atoms. The summed E-state index contributed by atoms with van der Waals surface area (Å²) in [4.78, 5) is 24.1. The molecule has 0 saturated heterocycles. The summed E-state index contributed by atoms with van der Waals surface area (Å²) in [7, 11) is 3.06. The van der Waals surface area contributed by atoms with Gasteiger partial charge >= 0.3 is 6.03 Å². The van der Waals surface area contributed by atoms with Crippen molar-refractivity contribution in [3.05, 3.63) is 48.0 Å². The van der Waals surface area contributed by atoms with Crippen molar-refractivity contribution in [2.45, 2.75) is 19.9 Å². The number of amides is 3. The predicted molar refractivity (Wildman–Crippen MR) is 101 cm³/mol. The van der Waals surface area contributed by atoms with Crippen LogP contribution in [0.3, 0.4) is 0 Å². The van der Waals surface area contributed by atoms with Gasteiger partial charge in [-0.3, -0.25) is 4.79 Å². The molecular weight excluding hydrogens is 334 g/mol. The molecule has 0 aliphatic carbocycles. The van der Waals surface area contributed by atoms with Crippen LogP contribution in [0.5, 0.6) is 11.5 Å². The molecule has 0 fully saturated rings. The molecule has 26 heavy (non-hydrogen) atoms. The van der Waals surface area contributed by atoms with E-state index < -0.39 is 6.03 Å². The van der Waals surface area contributed by atoms with Crippen molar-refractivity contribution in [1.29, 1.82) is 0 Å². The van der Waals surface area contributed by atoms with Gasteiger partial charge in [-0.15, -0.1) is 0 Å². The molecule has 2 aromatic rings. The standard InChI is InChI=1S/C19H23N3O4/c1-12(2)20-18(23)13-5-7-14(8-6-13)21-19(24)22-16-11-15(25-3)9-10-17(16)26-4/h5-12H,1-4H3,(H,20,23)(H2,21,22,24). The Morgan fingerprint density at radius 1 is 0.923 bits per heavy atom. The molecule has 0 aliphatic rings. The van der Waals surface area contributed by atoms with Gasteiger partial charge in [-0.1, -0.05) is 0 Å². The molecule has 0 saturated carbocycles. The summed E-state index contributed by atoms with van der Waals surface area (Å²) in [6.45, 7) is 3.79. The van der Waals surface area contributed by atoms with Crippen LogP contribution in [-0.4, -0.2) is 32.2 Å². The second kappa shape index (κ2) is 8.75. The van der Waals surface area contributed by atoms with Crippen LogP contribution < -0.4 is 25.4 Å². The first-order chi connectivity index (χ1) is 12.4. The minimum Gasteiger partial charge on any atom is -0.497 e. The van der Waals surface area contributed by atoms with Gasteiger partial charge in [-0.2, -0.15) is 0 Å². The van der Waals surface area contributed by atoms with Crippen molar-refractivity contribution >= 4 is 23.3 Å². The van der Waals surface area contributed by atoms with E-state index in [-0.39, 0.29) is 11.9 Å². The van der Waals surface area contributed by atoms with Crippen molar-refractivity contribution in [2.24, 2.45) is 0 Å². The zero-order valence-electron chi connectivity index (χ0n) is 15.3. The maximum atomic E-state index is 12.2. The summed E-state index contributed by atoms with van der Waals surface area (Å²) >= 11 is 0. The third-order valence-corrected chi connectivity index (χ3v) is 3.48. The Labute approximate surface area is 152 Å². The lowest BCUT2D eigenvalue weighted by Gasteiger charge is -2.13. The lowest BCUT2D eigenvalue weighted by atomic mass is 10.2. The van der Waals surface area contributed by atoms with Gasteiger partial charge in [0.2, 0.25) is 0 Å². The topological polar surface area (TPSA) is 88.7 Å². The Morgan fingerprint density at radius 2 is 1.62 bits per heavy atom. The van der Waals surface area contributed by atoms with E-state index in [0.29, 0.717) is 28.4 Å². The molecule has 0 aliphatic heterocycles. The van der Waals surface area contributed by atoms with E-state index >= 15 is 0 Å². The molecule has 0 spiro atoms. The van der Waals surface area contributed by atoms with Crippen molar-refractivity contribution in [3.63, 3.8) is 0 Å². The average Bonchev–Trinajstić information content (AvgIpc) is 2.61. The zero-order chi connectivity index (χ0) is 19.1. The number of hydrogen-bond donors (Lipinski definition) is 3. The smallest absolute Gasteiger partial charge is 0.323 e. The van der Waals surface area contributed by atoms with Gasteiger partial charge in [0.1, 0.15) is 11.5 Å². The van der Waals surface area contributed by atoms with Crippen LogP contribution in [0.2, 0.25) is 0 Å². The molecule has 0 aromatic heterocycles. The van der Waals surface area contributed by atoms with Crippen molar-refractivity contribution < 1.29 is 19.1 Å². The van der Waals surface area contributed by atoms with Gasteiger partial charge in [-0.05, 0) is 50.2 Å². The Bertz CT molecular complexity index is 773. The first-order valence-electron chi connectivity index (χ1n) is 8.14. The molecular formula is C19H23N3O4. The fourth-order valence-corrected chi connectivity index (χ4v) is 2.25. The summed E-state index contributed by atoms with van der Waals surface area (Å²) in [6, 6.07) is 11.4. The van der Waals surface area contributed by atoms with Gasteiger partial charge in [0.25, 0.3) is 5.91 Å². The van der Waals surface area contributed by atoms with Crippen LogP contribution in [0.1, 0.15) is 24.2 Å². The molecule has 0 heterocycles. The van der Waals surface area contributed by atoms with Crippen LogP contribution in [0.15, 0.2) is 42.5 Å². The molecule has 3 amide bonds. The summed E-state index contributed by atoms with van der Waals surface area (Å²) in [5, 5.41) is 8.23. The Balaban J connectivity index is 2.03. The minimum absolute atomic E-state index is 0.0592. The SMILES string of the molecule is COc1ccc(OC)c(NC(=O)Nc2ccc(C(=O)NC(C)C)cc2)c1. The number of urea groups is 1. The molecule has 0 atom stereocenters. The zero-order valence-corrected chi connectivity index (χ0v) is 15.3. The third-order valence-electron chi connectivity index (χ3n) is 3.48. The molecule has 2 rings (SSSR count). The number of carbonyl (C=O) groups excluding carboxylic acids is 2. The number of benzene rings is 2. The lowest BCUT2D eigenvalue weighted by Crippen LogP contribution is -2.30. The van der Waals surface area contributed by atoms with E-state index in [1.807, 2.05) is 13.8 Å². The fourth-order valence-electron chi connectivity index (χ4n) is 2.25. The number of hydrogen-bond acceptors (Lipinski definition) is 4. The second-order valence-corrected chi connectivity index (χ2v) is 5.85. The largest absolute Gasteiger partial charge is 0.497 e. The highest BCUT2D eigenvalue weighted by Crippen LogP contribution is 2.29. The number of carbonyl (C=O) groups is 2. The average molecular weight is 357 g/mol. The van der Waals surface area contributed by atoms with Crippen LogP contribution in [0.4, 0.5) is 16.2 Å². The Morgan fingerprint density at radius 3 is 2.19 bits per heavy atom. The summed E-state index contributed by atoms with van der Waals surface area (Å²) < 4.78 is 10.4. The van der Waals surface area contributed by atoms with Gasteiger partial charge in [0, 0.05) is 23.4 Å². The summed E-state index contributed by atoms with van der Waals surface area (Å²) in [5.74, 6) is 0.959. The monoisotopic (exact) mass is 357 g/mol. The number of rotatable bonds is 6. The molecule has 7 nitrogen and oxygen atoms in total. The highest BCUT2D eigenvalue weighted by Gasteiger charge is 2.10. The van der Waals surface area contributed by atoms with Gasteiger partial charge in [0.15, 0.2) is 0 Å². The molecule has 3 N–H and O–H groups in total. The van der Waals surface area contributed by atoms with E-state index in [1.165, 1.54) is 7.11 Å². The number of ether oxygens (including phenoxy) is 2. The fraction of sp³-hybridized carbons (Fsp3) is 0.263. The second-order valence-electron chi connectivity index (χ2n) is 5.85. The van der Waals surface area contributed by atoms with Crippen molar-refractivity contribution in [1.82, 2.24) is 5.32 Å². The van der Waals surface area contributed by atoms with Crippen LogP contribution in [0.25, 0.3) is 0 Å². The highest BCUT2D eigenvalue weighted by atomic mass is 16.5. The summed E-state index contributed by atoms with van der Waals surface area (Å²) in [5.41, 5.74) is 1.57. The quantitative estimate of drug-likeness (QED) is 0.738. The van der Waals surface area contributed by atoms with Crippen LogP contribution >= 0.6 is 0 Å². The Kier molecular flexibility index (Phi) is 6.43. The maximum Gasteiger partial charge on any atom is 0.323 e. The lowest BCUT2D eigenvalue weighted by molar-refractivity contribution is 0.0943. The highest BCUT2D eigenvalue weighted by molar-refractivity contribution is 6.01. The van der Waals surface area contributed by atoms with Gasteiger partial charge in [-0.25, -0.2) is 4.79 Å². The first kappa shape index (κ1) is 19.1. The predicted octanol–water partition coefficient (Wildman–Crippen LogP) is 3.49.